The molecule has 0 radical (unpaired) electrons. The second-order valence-electron chi connectivity index (χ2n) is 18.0. The minimum atomic E-state index is -3.78. The number of likely N-dealkylation sites (tertiary alicyclic amines) is 2. The molecule has 4 aliphatic rings. The Labute approximate surface area is 400 Å². The van der Waals surface area contributed by atoms with Crippen LogP contribution in [0.5, 0.6) is 5.75 Å². The number of nitrogens with one attached hydrogen (secondary N) is 1. The number of rotatable bonds is 15. The van der Waals surface area contributed by atoms with Gasteiger partial charge in [-0.25, -0.2) is 19.0 Å². The maximum absolute atomic E-state index is 14.4. The Kier molecular flexibility index (Phi) is 14.1. The average molecular weight is 964 g/mol. The average Bonchev–Trinajstić information content (AvgIpc) is 3.73. The first kappa shape index (κ1) is 48.1. The summed E-state index contributed by atoms with van der Waals surface area (Å²) in [5.74, 6) is -2.50. The Morgan fingerprint density at radius 1 is 0.899 bits per heavy atom. The summed E-state index contributed by atoms with van der Waals surface area (Å²) in [7, 11) is -3.78. The van der Waals surface area contributed by atoms with E-state index in [1.807, 2.05) is 19.1 Å². The Morgan fingerprint density at radius 2 is 1.61 bits per heavy atom. The van der Waals surface area contributed by atoms with Crippen molar-refractivity contribution in [1.29, 1.82) is 0 Å². The fraction of sp³-hybridized carbons (Fsp3) is 0.442. The molecule has 0 saturated carbocycles. The van der Waals surface area contributed by atoms with Crippen molar-refractivity contribution in [3.63, 3.8) is 0 Å². The lowest BCUT2D eigenvalue weighted by Crippen LogP contribution is -2.48. The molecule has 9 rings (SSSR count). The van der Waals surface area contributed by atoms with E-state index in [-0.39, 0.29) is 62.0 Å². The molecular weight excluding hydrogens is 905 g/mol. The fourth-order valence-electron chi connectivity index (χ4n) is 10.4. The lowest BCUT2D eigenvalue weighted by molar-refractivity contribution is -0.189. The summed E-state index contributed by atoms with van der Waals surface area (Å²) >= 11 is 0. The Balaban J connectivity index is 0.935. The third-order valence-electron chi connectivity index (χ3n) is 13.9. The van der Waals surface area contributed by atoms with Crippen LogP contribution in [0, 0.1) is 5.82 Å². The number of hydrogen-bond donors (Lipinski definition) is 1. The van der Waals surface area contributed by atoms with Crippen molar-refractivity contribution in [3.05, 3.63) is 122 Å². The van der Waals surface area contributed by atoms with E-state index in [9.17, 15) is 28.1 Å². The lowest BCUT2D eigenvalue weighted by Gasteiger charge is -2.39. The van der Waals surface area contributed by atoms with Crippen LogP contribution in [0.25, 0.3) is 22.3 Å². The molecule has 17 heteroatoms. The number of piperidine rings is 2. The van der Waals surface area contributed by atoms with Crippen LogP contribution in [0.2, 0.25) is 0 Å². The van der Waals surface area contributed by atoms with E-state index in [2.05, 4.69) is 10.2 Å². The van der Waals surface area contributed by atoms with Gasteiger partial charge in [0.1, 0.15) is 18.2 Å². The van der Waals surface area contributed by atoms with Crippen LogP contribution in [0.4, 0.5) is 14.9 Å². The second kappa shape index (κ2) is 20.2. The number of benzene rings is 3. The van der Waals surface area contributed by atoms with E-state index in [1.54, 1.807) is 66.6 Å². The zero-order chi connectivity index (χ0) is 48.5. The van der Waals surface area contributed by atoms with Gasteiger partial charge in [-0.3, -0.25) is 14.2 Å². The highest BCUT2D eigenvalue weighted by atomic mass is 31.2. The van der Waals surface area contributed by atoms with Crippen molar-refractivity contribution < 1.29 is 46.6 Å². The molecule has 6 heterocycles. The van der Waals surface area contributed by atoms with E-state index in [0.717, 1.165) is 42.4 Å². The molecule has 15 nitrogen and oxygen atoms in total. The van der Waals surface area contributed by atoms with Gasteiger partial charge < -0.3 is 42.9 Å². The predicted molar refractivity (Wildman–Crippen MR) is 258 cm³/mol. The van der Waals surface area contributed by atoms with Gasteiger partial charge in [0.25, 0.3) is 5.56 Å². The number of aryl methyl sites for hydroxylation is 1. The van der Waals surface area contributed by atoms with Gasteiger partial charge in [-0.05, 0) is 131 Å². The van der Waals surface area contributed by atoms with E-state index in [1.165, 1.54) is 43.5 Å². The molecule has 3 aromatic carbocycles. The molecule has 1 N–H and O–H groups in total. The Morgan fingerprint density at radius 3 is 2.28 bits per heavy atom. The molecule has 0 aliphatic carbocycles. The van der Waals surface area contributed by atoms with Crippen molar-refractivity contribution in [2.45, 2.75) is 110 Å². The minimum absolute atomic E-state index is 0.00299. The number of ether oxygens (including phenoxy) is 3. The first-order valence-electron chi connectivity index (χ1n) is 24.2. The van der Waals surface area contributed by atoms with Crippen LogP contribution >= 0.6 is 7.60 Å². The zero-order valence-electron chi connectivity index (χ0n) is 39.6. The summed E-state index contributed by atoms with van der Waals surface area (Å²) < 4.78 is 58.5. The van der Waals surface area contributed by atoms with Gasteiger partial charge in [0.15, 0.2) is 5.78 Å². The Hall–Kier alpha value is -5.93. The van der Waals surface area contributed by atoms with Crippen molar-refractivity contribution in [3.8, 4) is 17.1 Å². The highest BCUT2D eigenvalue weighted by Crippen LogP contribution is 2.61. The van der Waals surface area contributed by atoms with Crippen LogP contribution in [0.3, 0.4) is 0 Å². The molecule has 0 bridgehead atoms. The normalized spacial score (nSPS) is 18.8. The summed E-state index contributed by atoms with van der Waals surface area (Å²) in [6.07, 6.45) is 5.65. The van der Waals surface area contributed by atoms with Crippen LogP contribution in [0.1, 0.15) is 105 Å². The van der Waals surface area contributed by atoms with E-state index < -0.39 is 36.7 Å². The van der Waals surface area contributed by atoms with Crippen LogP contribution in [0.15, 0.2) is 77.6 Å². The molecule has 364 valence electrons. The van der Waals surface area contributed by atoms with Crippen molar-refractivity contribution in [2.75, 3.05) is 44.7 Å². The van der Waals surface area contributed by atoms with Crippen LogP contribution < -0.4 is 15.6 Å². The van der Waals surface area contributed by atoms with Gasteiger partial charge in [-0.1, -0.05) is 44.5 Å². The number of carbonyl (C=O) groups is 3. The largest absolute Gasteiger partial charge is 0.457 e. The quantitative estimate of drug-likeness (QED) is 0.0764. The predicted octanol–water partition coefficient (Wildman–Crippen LogP) is 9.40. The summed E-state index contributed by atoms with van der Waals surface area (Å²) in [4.78, 5) is 65.0. The van der Waals surface area contributed by atoms with E-state index >= 15 is 0 Å². The number of fused-ring (bicyclic) bond motifs is 5. The summed E-state index contributed by atoms with van der Waals surface area (Å²) in [6.45, 7) is 10.9. The molecular formula is C52H59FN5O10P. The Bertz CT molecular complexity index is 2850. The molecule has 2 aromatic heterocycles. The monoisotopic (exact) mass is 963 g/mol. The number of hydrogen-bond acceptors (Lipinski definition) is 13. The van der Waals surface area contributed by atoms with Crippen LogP contribution in [-0.4, -0.2) is 82.8 Å². The highest BCUT2D eigenvalue weighted by molar-refractivity contribution is 7.54. The molecule has 69 heavy (non-hydrogen) atoms. The molecule has 0 spiro atoms. The first-order chi connectivity index (χ1) is 33.4. The van der Waals surface area contributed by atoms with Gasteiger partial charge in [0.05, 0.1) is 48.6 Å². The number of aromatic nitrogens is 2. The smallest absolute Gasteiger partial charge is 0.415 e. The number of anilines is 1. The van der Waals surface area contributed by atoms with Gasteiger partial charge in [-0.15, -0.1) is 0 Å². The number of halogens is 1. The van der Waals surface area contributed by atoms with Crippen molar-refractivity contribution in [1.82, 2.24) is 19.4 Å². The summed E-state index contributed by atoms with van der Waals surface area (Å²) in [6, 6.07) is 20.0. The first-order valence-corrected chi connectivity index (χ1v) is 25.8. The number of carbonyl (C=O) groups excluding carboxylic acids is 3. The standard InChI is InChI=1S/C52H59FN5O10P/c1-5-39-40-29-38(67-51(62)57-26-22-37(23-27-57)56-24-10-9-11-25-56)20-21-44(40)55-47-41(39)31-58-45(47)30-43-42(49(58)60)32-64-50(61)52(43,6-2)68-46(59)28-33-12-18-36(19-13-33)54-48(34-14-16-35(53)17-15-34)69(63,65-7-3)66-8-4/h12-21,29-30,37,48,54H,5-11,22-28,31-32H2,1-4H3. The van der Waals surface area contributed by atoms with Gasteiger partial charge in [0.2, 0.25) is 5.60 Å². The second-order valence-corrected chi connectivity index (χ2v) is 20.1. The third kappa shape index (κ3) is 9.44. The lowest BCUT2D eigenvalue weighted by atomic mass is 9.85. The van der Waals surface area contributed by atoms with Crippen molar-refractivity contribution >= 4 is 42.2 Å². The molecule has 1 amide bonds. The molecule has 4 aliphatic heterocycles. The number of pyridine rings is 2. The molecule has 2 fully saturated rings. The number of nitrogens with zero attached hydrogens (tertiary/aromatic N) is 4. The SMILES string of the molecule is CCOP(=O)(OCC)C(Nc1ccc(CC(=O)OC2(CC)C(=O)OCc3c2cc2n(c3=O)Cc3c-2nc2ccc(OC(=O)N4CCC(N5CCCCC5)CC4)cc2c3CC)cc1)c1ccc(F)cc1. The van der Waals surface area contributed by atoms with Gasteiger partial charge >= 0.3 is 25.6 Å². The minimum Gasteiger partial charge on any atom is -0.457 e. The molecule has 2 atom stereocenters. The van der Waals surface area contributed by atoms with Gasteiger partial charge in [-0.2, -0.15) is 0 Å². The number of cyclic esters (lactones) is 1. The zero-order valence-corrected chi connectivity index (χ0v) is 40.5. The van der Waals surface area contributed by atoms with Crippen molar-refractivity contribution in [2.24, 2.45) is 0 Å². The highest BCUT2D eigenvalue weighted by Gasteiger charge is 2.50. The maximum Gasteiger partial charge on any atom is 0.415 e. The number of amides is 1. The number of esters is 2. The maximum atomic E-state index is 14.4. The fourth-order valence-corrected chi connectivity index (χ4v) is 12.4. The topological polar surface area (TPSA) is 168 Å². The third-order valence-corrected chi connectivity index (χ3v) is 16.2. The van der Waals surface area contributed by atoms with E-state index in [0.29, 0.717) is 65.0 Å². The summed E-state index contributed by atoms with van der Waals surface area (Å²) in [5.41, 5.74) is 3.33. The molecule has 2 saturated heterocycles. The van der Waals surface area contributed by atoms with Crippen LogP contribution in [-0.2, 0) is 64.3 Å². The summed E-state index contributed by atoms with van der Waals surface area (Å²) in [5, 5.41) is 4.03. The van der Waals surface area contributed by atoms with Gasteiger partial charge in [0, 0.05) is 41.3 Å². The van der Waals surface area contributed by atoms with E-state index in [4.69, 9.17) is 28.2 Å². The molecule has 5 aromatic rings. The molecule has 2 unspecified atom stereocenters.